The van der Waals surface area contributed by atoms with Crippen LogP contribution in [0.1, 0.15) is 16.8 Å². The van der Waals surface area contributed by atoms with Gasteiger partial charge in [0.2, 0.25) is 11.8 Å². The molecule has 7 rings (SSSR count). The Morgan fingerprint density at radius 1 is 0.968 bits per heavy atom. The van der Waals surface area contributed by atoms with Crippen LogP contribution in [0.4, 0.5) is 11.4 Å². The maximum absolute atomic E-state index is 13.3. The highest BCUT2D eigenvalue weighted by Crippen LogP contribution is 2.65. The van der Waals surface area contributed by atoms with Gasteiger partial charge in [0.1, 0.15) is 5.75 Å². The highest BCUT2D eigenvalue weighted by atomic mass is 16.5. The van der Waals surface area contributed by atoms with E-state index in [1.165, 1.54) is 4.90 Å². The maximum atomic E-state index is 13.3. The molecular formula is C25H22N2O4. The third-order valence-electron chi connectivity index (χ3n) is 7.36. The zero-order valence-electron chi connectivity index (χ0n) is 17.0. The summed E-state index contributed by atoms with van der Waals surface area (Å²) < 4.78 is 5.19. The minimum absolute atomic E-state index is 0.120. The summed E-state index contributed by atoms with van der Waals surface area (Å²) in [5.41, 5.74) is 1.46. The molecule has 1 N–H and O–H groups in total. The van der Waals surface area contributed by atoms with Crippen molar-refractivity contribution in [2.45, 2.75) is 6.42 Å². The molecule has 2 saturated carbocycles. The lowest BCUT2D eigenvalue weighted by Gasteiger charge is -2.37. The number of methoxy groups -OCH3 is 1. The minimum atomic E-state index is -0.311. The molecule has 0 spiro atoms. The maximum Gasteiger partial charge on any atom is 0.255 e. The van der Waals surface area contributed by atoms with Crippen LogP contribution < -0.4 is 15.0 Å². The number of anilines is 2. The number of carbonyl (C=O) groups is 3. The van der Waals surface area contributed by atoms with Crippen molar-refractivity contribution in [2.24, 2.45) is 35.5 Å². The number of carbonyl (C=O) groups excluding carboxylic acids is 3. The van der Waals surface area contributed by atoms with Crippen LogP contribution in [-0.2, 0) is 9.59 Å². The van der Waals surface area contributed by atoms with E-state index in [1.807, 2.05) is 0 Å². The molecule has 4 aliphatic carbocycles. The van der Waals surface area contributed by atoms with Crippen LogP contribution in [0, 0.1) is 35.5 Å². The minimum Gasteiger partial charge on any atom is -0.497 e. The molecule has 3 amide bonds. The average Bonchev–Trinajstić information content (AvgIpc) is 3.57. The van der Waals surface area contributed by atoms with E-state index >= 15 is 0 Å². The second-order valence-electron chi connectivity index (χ2n) is 8.90. The molecule has 2 bridgehead atoms. The Morgan fingerprint density at radius 2 is 1.65 bits per heavy atom. The number of nitrogens with zero attached hydrogens (tertiary/aromatic N) is 1. The lowest BCUT2D eigenvalue weighted by Crippen LogP contribution is -2.40. The number of imide groups is 1. The molecule has 3 fully saturated rings. The molecule has 31 heavy (non-hydrogen) atoms. The first-order chi connectivity index (χ1) is 15.1. The first-order valence-electron chi connectivity index (χ1n) is 10.7. The normalized spacial score (nSPS) is 32.0. The fourth-order valence-electron chi connectivity index (χ4n) is 5.90. The molecule has 0 radical (unpaired) electrons. The first kappa shape index (κ1) is 18.4. The van der Waals surface area contributed by atoms with Gasteiger partial charge in [-0.2, -0.15) is 0 Å². The quantitative estimate of drug-likeness (QED) is 0.614. The number of rotatable bonds is 4. The Kier molecular flexibility index (Phi) is 3.88. The predicted octanol–water partition coefficient (Wildman–Crippen LogP) is 3.51. The highest BCUT2D eigenvalue weighted by Gasteiger charge is 2.67. The molecule has 2 aromatic rings. The predicted molar refractivity (Wildman–Crippen MR) is 115 cm³/mol. The van der Waals surface area contributed by atoms with E-state index in [9.17, 15) is 14.4 Å². The zero-order chi connectivity index (χ0) is 21.3. The van der Waals surface area contributed by atoms with Crippen molar-refractivity contribution in [3.63, 3.8) is 0 Å². The van der Waals surface area contributed by atoms with Crippen molar-refractivity contribution in [3.8, 4) is 5.75 Å². The molecule has 0 aromatic heterocycles. The summed E-state index contributed by atoms with van der Waals surface area (Å²) >= 11 is 0. The van der Waals surface area contributed by atoms with Gasteiger partial charge in [0.05, 0.1) is 24.6 Å². The standard InChI is InChI=1S/C25H22N2O4/c1-31-16-7-3-5-14(11-16)26-23(28)13-4-2-6-15(10-13)27-24(29)21-17-8-9-18(20-12-19(17)20)22(21)25(27)30/h2-11,17-22H,12H2,1H3,(H,26,28)/t17-,18-,19-,20-,21-,22+/m0/s1. The van der Waals surface area contributed by atoms with Gasteiger partial charge in [-0.25, -0.2) is 4.90 Å². The zero-order valence-corrected chi connectivity index (χ0v) is 17.0. The molecule has 0 unspecified atom stereocenters. The number of amides is 3. The molecule has 156 valence electrons. The molecule has 6 heteroatoms. The number of benzene rings is 2. The third kappa shape index (κ3) is 2.67. The van der Waals surface area contributed by atoms with Crippen LogP contribution in [0.5, 0.6) is 5.75 Å². The fourth-order valence-corrected chi connectivity index (χ4v) is 5.90. The van der Waals surface area contributed by atoms with E-state index < -0.39 is 0 Å². The monoisotopic (exact) mass is 414 g/mol. The highest BCUT2D eigenvalue weighted by molar-refractivity contribution is 6.23. The molecule has 6 atom stereocenters. The van der Waals surface area contributed by atoms with Crippen molar-refractivity contribution < 1.29 is 19.1 Å². The summed E-state index contributed by atoms with van der Waals surface area (Å²) in [5.74, 6) is 1.08. The topological polar surface area (TPSA) is 75.7 Å². The van der Waals surface area contributed by atoms with Crippen LogP contribution >= 0.6 is 0 Å². The van der Waals surface area contributed by atoms with E-state index in [-0.39, 0.29) is 41.4 Å². The van der Waals surface area contributed by atoms with Crippen LogP contribution in [0.15, 0.2) is 60.7 Å². The number of allylic oxidation sites excluding steroid dienone is 2. The van der Waals surface area contributed by atoms with Gasteiger partial charge < -0.3 is 10.1 Å². The van der Waals surface area contributed by atoms with Gasteiger partial charge in [-0.05, 0) is 60.4 Å². The summed E-state index contributed by atoms with van der Waals surface area (Å²) in [4.78, 5) is 40.7. The van der Waals surface area contributed by atoms with Gasteiger partial charge in [0, 0.05) is 17.3 Å². The number of hydrogen-bond donors (Lipinski definition) is 1. The molecule has 1 heterocycles. The van der Waals surface area contributed by atoms with E-state index in [0.717, 1.165) is 6.42 Å². The van der Waals surface area contributed by atoms with E-state index in [1.54, 1.807) is 55.6 Å². The van der Waals surface area contributed by atoms with Gasteiger partial charge in [-0.3, -0.25) is 14.4 Å². The van der Waals surface area contributed by atoms with Crippen molar-refractivity contribution in [1.82, 2.24) is 0 Å². The van der Waals surface area contributed by atoms with Crippen molar-refractivity contribution in [3.05, 3.63) is 66.2 Å². The Morgan fingerprint density at radius 3 is 2.32 bits per heavy atom. The largest absolute Gasteiger partial charge is 0.497 e. The number of nitrogens with one attached hydrogen (secondary N) is 1. The Bertz CT molecular complexity index is 1120. The second-order valence-corrected chi connectivity index (χ2v) is 8.90. The van der Waals surface area contributed by atoms with Crippen molar-refractivity contribution in [1.29, 1.82) is 0 Å². The molecule has 5 aliphatic rings. The van der Waals surface area contributed by atoms with Crippen LogP contribution in [0.2, 0.25) is 0 Å². The van der Waals surface area contributed by atoms with Crippen LogP contribution in [0.3, 0.4) is 0 Å². The lowest BCUT2D eigenvalue weighted by molar-refractivity contribution is -0.124. The van der Waals surface area contributed by atoms with Crippen LogP contribution in [0.25, 0.3) is 0 Å². The van der Waals surface area contributed by atoms with E-state index in [0.29, 0.717) is 34.5 Å². The number of hydrogen-bond acceptors (Lipinski definition) is 4. The molecule has 2 aromatic carbocycles. The Labute approximate surface area is 179 Å². The average molecular weight is 414 g/mol. The number of ether oxygens (including phenoxy) is 1. The van der Waals surface area contributed by atoms with E-state index in [4.69, 9.17) is 4.74 Å². The van der Waals surface area contributed by atoms with Crippen molar-refractivity contribution >= 4 is 29.1 Å². The van der Waals surface area contributed by atoms with Crippen LogP contribution in [-0.4, -0.2) is 24.8 Å². The van der Waals surface area contributed by atoms with Gasteiger partial charge >= 0.3 is 0 Å². The molecule has 6 nitrogen and oxygen atoms in total. The summed E-state index contributed by atoms with van der Waals surface area (Å²) in [6.07, 6.45) is 5.45. The summed E-state index contributed by atoms with van der Waals surface area (Å²) in [7, 11) is 1.57. The van der Waals surface area contributed by atoms with Gasteiger partial charge in [-0.1, -0.05) is 24.3 Å². The molecule has 1 aliphatic heterocycles. The first-order valence-corrected chi connectivity index (χ1v) is 10.7. The summed E-state index contributed by atoms with van der Waals surface area (Å²) in [5, 5.41) is 2.84. The Balaban J connectivity index is 1.27. The van der Waals surface area contributed by atoms with Gasteiger partial charge in [0.15, 0.2) is 0 Å². The lowest BCUT2D eigenvalue weighted by atomic mass is 9.63. The fraction of sp³-hybridized carbons (Fsp3) is 0.320. The molecule has 1 saturated heterocycles. The molecular weight excluding hydrogens is 392 g/mol. The SMILES string of the molecule is COc1cccc(NC(=O)c2cccc(N3C(=O)[C@@H]4[C@H]5C=C[C@@H]([C@@H]6C[C@@H]56)[C@@H]4C3=O)c2)c1. The second kappa shape index (κ2) is 6.54. The van der Waals surface area contributed by atoms with Gasteiger partial charge in [-0.15, -0.1) is 0 Å². The smallest absolute Gasteiger partial charge is 0.255 e. The Hall–Kier alpha value is -3.41. The van der Waals surface area contributed by atoms with E-state index in [2.05, 4.69) is 17.5 Å². The van der Waals surface area contributed by atoms with Crippen molar-refractivity contribution in [2.75, 3.05) is 17.3 Å². The third-order valence-corrected chi connectivity index (χ3v) is 7.36. The summed E-state index contributed by atoms with van der Waals surface area (Å²) in [6, 6.07) is 13.8. The van der Waals surface area contributed by atoms with Gasteiger partial charge in [0.25, 0.3) is 5.91 Å². The summed E-state index contributed by atoms with van der Waals surface area (Å²) in [6.45, 7) is 0.